The number of halogens is 1. The van der Waals surface area contributed by atoms with Gasteiger partial charge in [0.05, 0.1) is 11.6 Å². The van der Waals surface area contributed by atoms with Gasteiger partial charge in [0.2, 0.25) is 5.91 Å². The molecule has 94 valence electrons. The summed E-state index contributed by atoms with van der Waals surface area (Å²) in [4.78, 5) is 11.0. The predicted octanol–water partition coefficient (Wildman–Crippen LogP) is 1.19. The van der Waals surface area contributed by atoms with E-state index in [0.29, 0.717) is 0 Å². The Bertz CT molecular complexity index is 407. The largest absolute Gasteiger partial charge is 0.488 e. The van der Waals surface area contributed by atoms with Crippen molar-refractivity contribution < 1.29 is 13.9 Å². The molecule has 0 fully saturated rings. The lowest BCUT2D eigenvalue weighted by molar-refractivity contribution is -0.123. The zero-order valence-corrected chi connectivity index (χ0v) is 9.94. The lowest BCUT2D eigenvalue weighted by Gasteiger charge is -2.25. The maximum Gasteiger partial charge on any atom is 0.237 e. The molecule has 0 saturated heterocycles. The second-order valence-corrected chi connectivity index (χ2v) is 4.34. The van der Waals surface area contributed by atoms with Gasteiger partial charge in [0.25, 0.3) is 0 Å². The van der Waals surface area contributed by atoms with Gasteiger partial charge in [-0.05, 0) is 26.0 Å². The molecule has 0 heterocycles. The molecule has 0 radical (unpaired) electrons. The fourth-order valence-corrected chi connectivity index (χ4v) is 1.50. The van der Waals surface area contributed by atoms with Crippen LogP contribution < -0.4 is 16.2 Å². The lowest BCUT2D eigenvalue weighted by Crippen LogP contribution is -2.51. The van der Waals surface area contributed by atoms with Gasteiger partial charge in [-0.1, -0.05) is 12.1 Å². The monoisotopic (exact) mass is 240 g/mol. The number of benzene rings is 1. The fourth-order valence-electron chi connectivity index (χ4n) is 1.50. The van der Waals surface area contributed by atoms with Crippen LogP contribution in [0.2, 0.25) is 0 Å². The van der Waals surface area contributed by atoms with Crippen molar-refractivity contribution >= 4 is 5.91 Å². The van der Waals surface area contributed by atoms with E-state index in [1.807, 2.05) is 0 Å². The van der Waals surface area contributed by atoms with Crippen molar-refractivity contribution in [1.82, 2.24) is 0 Å². The first-order chi connectivity index (χ1) is 7.83. The third kappa shape index (κ3) is 3.71. The molecule has 17 heavy (non-hydrogen) atoms. The molecule has 4 nitrogen and oxygen atoms in total. The van der Waals surface area contributed by atoms with E-state index in [0.717, 1.165) is 0 Å². The number of rotatable bonds is 5. The first-order valence-electron chi connectivity index (χ1n) is 5.33. The summed E-state index contributed by atoms with van der Waals surface area (Å²) < 4.78 is 18.7. The zero-order chi connectivity index (χ0) is 13.1. The number of primary amides is 1. The van der Waals surface area contributed by atoms with Crippen LogP contribution in [0.25, 0.3) is 0 Å². The SMILES string of the molecule is CC(CC(C)(N)C(N)=O)Oc1ccccc1F. The van der Waals surface area contributed by atoms with E-state index in [-0.39, 0.29) is 12.2 Å². The second kappa shape index (κ2) is 5.14. The molecule has 0 spiro atoms. The molecule has 2 atom stereocenters. The average molecular weight is 240 g/mol. The van der Waals surface area contributed by atoms with Gasteiger partial charge in [-0.2, -0.15) is 0 Å². The topological polar surface area (TPSA) is 78.3 Å². The summed E-state index contributed by atoms with van der Waals surface area (Å²) in [5.74, 6) is -0.918. The first kappa shape index (κ1) is 13.4. The summed E-state index contributed by atoms with van der Waals surface area (Å²) >= 11 is 0. The van der Waals surface area contributed by atoms with E-state index in [2.05, 4.69) is 0 Å². The Hall–Kier alpha value is -1.62. The molecule has 1 aromatic rings. The van der Waals surface area contributed by atoms with E-state index in [1.165, 1.54) is 19.1 Å². The number of hydrogen-bond donors (Lipinski definition) is 2. The van der Waals surface area contributed by atoms with Crippen molar-refractivity contribution in [1.29, 1.82) is 0 Å². The number of carbonyl (C=O) groups excluding carboxylic acids is 1. The molecule has 0 aliphatic carbocycles. The summed E-state index contributed by atoms with van der Waals surface area (Å²) in [6, 6.07) is 6.06. The Morgan fingerprint density at radius 2 is 2.12 bits per heavy atom. The van der Waals surface area contributed by atoms with Gasteiger partial charge in [0.15, 0.2) is 11.6 Å². The maximum atomic E-state index is 13.3. The summed E-state index contributed by atoms with van der Waals surface area (Å²) in [7, 11) is 0. The Kier molecular flexibility index (Phi) is 4.07. The second-order valence-electron chi connectivity index (χ2n) is 4.34. The van der Waals surface area contributed by atoms with Gasteiger partial charge in [0, 0.05) is 6.42 Å². The molecule has 1 aromatic carbocycles. The van der Waals surface area contributed by atoms with Crippen LogP contribution in [0.5, 0.6) is 5.75 Å². The van der Waals surface area contributed by atoms with Crippen LogP contribution in [0.1, 0.15) is 20.3 Å². The molecule has 1 rings (SSSR count). The van der Waals surface area contributed by atoms with Gasteiger partial charge >= 0.3 is 0 Å². The van der Waals surface area contributed by atoms with Gasteiger partial charge < -0.3 is 16.2 Å². The van der Waals surface area contributed by atoms with Crippen molar-refractivity contribution in [3.8, 4) is 5.75 Å². The minimum absolute atomic E-state index is 0.139. The standard InChI is InChI=1S/C12H17FN2O2/c1-8(7-12(2,15)11(14)16)17-10-6-4-3-5-9(10)13/h3-6,8H,7,15H2,1-2H3,(H2,14,16). The zero-order valence-electron chi connectivity index (χ0n) is 9.94. The number of para-hydroxylation sites is 1. The summed E-state index contributed by atoms with van der Waals surface area (Å²) in [5.41, 5.74) is 9.69. The van der Waals surface area contributed by atoms with Gasteiger partial charge in [-0.15, -0.1) is 0 Å². The van der Waals surface area contributed by atoms with Crippen molar-refractivity contribution in [3.05, 3.63) is 30.1 Å². The lowest BCUT2D eigenvalue weighted by atomic mass is 9.95. The molecule has 1 amide bonds. The molecule has 0 bridgehead atoms. The van der Waals surface area contributed by atoms with Crippen LogP contribution in [0, 0.1) is 5.82 Å². The minimum Gasteiger partial charge on any atom is -0.488 e. The highest BCUT2D eigenvalue weighted by Crippen LogP contribution is 2.20. The summed E-state index contributed by atoms with van der Waals surface area (Å²) in [6.45, 7) is 3.23. The Morgan fingerprint density at radius 1 is 1.53 bits per heavy atom. The van der Waals surface area contributed by atoms with Crippen LogP contribution in [-0.4, -0.2) is 17.6 Å². The number of amides is 1. The number of nitrogens with two attached hydrogens (primary N) is 2. The molecule has 2 unspecified atom stereocenters. The minimum atomic E-state index is -1.16. The maximum absolute atomic E-state index is 13.3. The van der Waals surface area contributed by atoms with Gasteiger partial charge in [0.1, 0.15) is 0 Å². The fraction of sp³-hybridized carbons (Fsp3) is 0.417. The third-order valence-electron chi connectivity index (χ3n) is 2.44. The van der Waals surface area contributed by atoms with Crippen LogP contribution in [-0.2, 0) is 4.79 Å². The van der Waals surface area contributed by atoms with Crippen LogP contribution in [0.15, 0.2) is 24.3 Å². The smallest absolute Gasteiger partial charge is 0.237 e. The van der Waals surface area contributed by atoms with Crippen molar-refractivity contribution in [2.75, 3.05) is 0 Å². The van der Waals surface area contributed by atoms with E-state index in [9.17, 15) is 9.18 Å². The highest BCUT2D eigenvalue weighted by atomic mass is 19.1. The average Bonchev–Trinajstić information content (AvgIpc) is 2.20. The molecule has 0 aliphatic rings. The quantitative estimate of drug-likeness (QED) is 0.811. The van der Waals surface area contributed by atoms with Gasteiger partial charge in [-0.3, -0.25) is 4.79 Å². The third-order valence-corrected chi connectivity index (χ3v) is 2.44. The molecular formula is C12H17FN2O2. The Balaban J connectivity index is 2.65. The molecular weight excluding hydrogens is 223 g/mol. The van der Waals surface area contributed by atoms with Crippen molar-refractivity contribution in [3.63, 3.8) is 0 Å². The summed E-state index contributed by atoms with van der Waals surface area (Å²) in [6.07, 6.45) is -0.189. The van der Waals surface area contributed by atoms with E-state index in [4.69, 9.17) is 16.2 Å². The predicted molar refractivity (Wildman–Crippen MR) is 62.9 cm³/mol. The molecule has 0 saturated carbocycles. The van der Waals surface area contributed by atoms with Crippen LogP contribution in [0.4, 0.5) is 4.39 Å². The van der Waals surface area contributed by atoms with E-state index >= 15 is 0 Å². The van der Waals surface area contributed by atoms with E-state index in [1.54, 1.807) is 19.1 Å². The van der Waals surface area contributed by atoms with Gasteiger partial charge in [-0.25, -0.2) is 4.39 Å². The van der Waals surface area contributed by atoms with Crippen molar-refractivity contribution in [2.24, 2.45) is 11.5 Å². The van der Waals surface area contributed by atoms with Crippen LogP contribution in [0.3, 0.4) is 0 Å². The molecule has 4 N–H and O–H groups in total. The molecule has 5 heteroatoms. The molecule has 0 aromatic heterocycles. The van der Waals surface area contributed by atoms with Crippen LogP contribution >= 0.6 is 0 Å². The Labute approximate surface area is 99.7 Å². The first-order valence-corrected chi connectivity index (χ1v) is 5.33. The number of ether oxygens (including phenoxy) is 1. The normalized spacial score (nSPS) is 16.0. The summed E-state index contributed by atoms with van der Waals surface area (Å²) in [5, 5.41) is 0. The van der Waals surface area contributed by atoms with E-state index < -0.39 is 23.4 Å². The van der Waals surface area contributed by atoms with Crippen molar-refractivity contribution in [2.45, 2.75) is 31.9 Å². The highest BCUT2D eigenvalue weighted by Gasteiger charge is 2.28. The number of hydrogen-bond acceptors (Lipinski definition) is 3. The molecule has 0 aliphatic heterocycles. The highest BCUT2D eigenvalue weighted by molar-refractivity contribution is 5.83. The number of carbonyl (C=O) groups is 1. The Morgan fingerprint density at radius 3 is 2.65 bits per heavy atom.